The van der Waals surface area contributed by atoms with Crippen molar-refractivity contribution in [1.29, 1.82) is 0 Å². The minimum Gasteiger partial charge on any atom is -0.489 e. The summed E-state index contributed by atoms with van der Waals surface area (Å²) in [5, 5.41) is 3.84. The SMILES string of the molecule is NC(=O)c1cc(COc2ccc3nc(Nc4ccc(F)cc4)ncc3c2)ccn1. The molecule has 144 valence electrons. The molecule has 1 amide bonds. The molecule has 0 unspecified atom stereocenters. The molecule has 3 N–H and O–H groups in total. The van der Waals surface area contributed by atoms with Gasteiger partial charge in [0.2, 0.25) is 5.95 Å². The van der Waals surface area contributed by atoms with Crippen LogP contribution in [0.1, 0.15) is 16.1 Å². The molecule has 0 saturated heterocycles. The van der Waals surface area contributed by atoms with E-state index < -0.39 is 5.91 Å². The number of hydrogen-bond donors (Lipinski definition) is 2. The van der Waals surface area contributed by atoms with Crippen molar-refractivity contribution >= 4 is 28.4 Å². The summed E-state index contributed by atoms with van der Waals surface area (Å²) in [5.41, 5.74) is 7.64. The lowest BCUT2D eigenvalue weighted by Gasteiger charge is -2.09. The molecule has 0 saturated carbocycles. The van der Waals surface area contributed by atoms with Crippen LogP contribution in [0, 0.1) is 5.82 Å². The number of nitrogens with two attached hydrogens (primary N) is 1. The molecule has 2 aromatic heterocycles. The van der Waals surface area contributed by atoms with E-state index in [0.717, 1.165) is 16.5 Å². The van der Waals surface area contributed by atoms with Crippen molar-refractivity contribution in [3.05, 3.63) is 84.1 Å². The van der Waals surface area contributed by atoms with Gasteiger partial charge in [0.05, 0.1) is 5.52 Å². The fraction of sp³-hybridized carbons (Fsp3) is 0.0476. The first-order chi connectivity index (χ1) is 14.1. The fourth-order valence-corrected chi connectivity index (χ4v) is 2.69. The van der Waals surface area contributed by atoms with Crippen LogP contribution in [-0.4, -0.2) is 20.9 Å². The number of hydrogen-bond acceptors (Lipinski definition) is 6. The molecule has 4 rings (SSSR count). The lowest BCUT2D eigenvalue weighted by molar-refractivity contribution is 0.0995. The van der Waals surface area contributed by atoms with Gasteiger partial charge in [-0.15, -0.1) is 0 Å². The van der Waals surface area contributed by atoms with Crippen molar-refractivity contribution in [3.63, 3.8) is 0 Å². The van der Waals surface area contributed by atoms with Crippen molar-refractivity contribution in [2.75, 3.05) is 5.32 Å². The van der Waals surface area contributed by atoms with E-state index in [-0.39, 0.29) is 18.1 Å². The normalized spacial score (nSPS) is 10.7. The Labute approximate surface area is 165 Å². The second-order valence-corrected chi connectivity index (χ2v) is 6.25. The summed E-state index contributed by atoms with van der Waals surface area (Å²) >= 11 is 0. The second-order valence-electron chi connectivity index (χ2n) is 6.25. The predicted octanol–water partition coefficient (Wildman–Crippen LogP) is 3.59. The third-order valence-corrected chi connectivity index (χ3v) is 4.13. The van der Waals surface area contributed by atoms with Crippen LogP contribution in [0.25, 0.3) is 10.9 Å². The Morgan fingerprint density at radius 2 is 1.90 bits per heavy atom. The lowest BCUT2D eigenvalue weighted by atomic mass is 10.2. The Bertz CT molecular complexity index is 1180. The van der Waals surface area contributed by atoms with Crippen LogP contribution in [0.5, 0.6) is 5.75 Å². The van der Waals surface area contributed by atoms with Gasteiger partial charge in [0.15, 0.2) is 0 Å². The Morgan fingerprint density at radius 1 is 1.07 bits per heavy atom. The van der Waals surface area contributed by atoms with Crippen molar-refractivity contribution in [2.24, 2.45) is 5.73 Å². The van der Waals surface area contributed by atoms with Crippen LogP contribution < -0.4 is 15.8 Å². The van der Waals surface area contributed by atoms with Gasteiger partial charge in [-0.05, 0) is 60.2 Å². The highest BCUT2D eigenvalue weighted by Gasteiger charge is 2.06. The highest BCUT2D eigenvalue weighted by atomic mass is 19.1. The van der Waals surface area contributed by atoms with E-state index in [9.17, 15) is 9.18 Å². The molecule has 0 aliphatic carbocycles. The van der Waals surface area contributed by atoms with Crippen molar-refractivity contribution in [2.45, 2.75) is 6.61 Å². The summed E-state index contributed by atoms with van der Waals surface area (Å²) in [6.45, 7) is 0.263. The largest absolute Gasteiger partial charge is 0.489 e. The number of aromatic nitrogens is 3. The summed E-state index contributed by atoms with van der Waals surface area (Å²) in [4.78, 5) is 23.9. The third kappa shape index (κ3) is 4.44. The van der Waals surface area contributed by atoms with Gasteiger partial charge in [0, 0.05) is 23.5 Å². The van der Waals surface area contributed by atoms with Crippen LogP contribution in [0.2, 0.25) is 0 Å². The quantitative estimate of drug-likeness (QED) is 0.522. The highest BCUT2D eigenvalue weighted by Crippen LogP contribution is 2.22. The van der Waals surface area contributed by atoms with Gasteiger partial charge >= 0.3 is 0 Å². The number of carbonyl (C=O) groups is 1. The van der Waals surface area contributed by atoms with E-state index in [1.54, 1.807) is 36.5 Å². The molecule has 0 fully saturated rings. The van der Waals surface area contributed by atoms with Gasteiger partial charge in [0.1, 0.15) is 23.9 Å². The van der Waals surface area contributed by atoms with E-state index in [1.807, 2.05) is 12.1 Å². The van der Waals surface area contributed by atoms with E-state index >= 15 is 0 Å². The molecule has 2 aromatic carbocycles. The minimum absolute atomic E-state index is 0.194. The zero-order chi connectivity index (χ0) is 20.2. The van der Waals surface area contributed by atoms with Gasteiger partial charge in [-0.25, -0.2) is 14.4 Å². The van der Waals surface area contributed by atoms with Gasteiger partial charge in [-0.2, -0.15) is 0 Å². The summed E-state index contributed by atoms with van der Waals surface area (Å²) < 4.78 is 18.8. The standard InChI is InChI=1S/C21H16FN5O2/c22-15-1-3-16(4-2-15)26-21-25-11-14-10-17(5-6-18(14)27-21)29-12-13-7-8-24-19(9-13)20(23)28/h1-11H,12H2,(H2,23,28)(H,25,26,27). The van der Waals surface area contributed by atoms with E-state index in [0.29, 0.717) is 17.4 Å². The summed E-state index contributed by atoms with van der Waals surface area (Å²) in [5.74, 6) is 0.159. The molecule has 29 heavy (non-hydrogen) atoms. The molecule has 0 aliphatic rings. The number of pyridine rings is 1. The number of carbonyl (C=O) groups excluding carboxylic acids is 1. The van der Waals surface area contributed by atoms with Crippen molar-refractivity contribution in [1.82, 2.24) is 15.0 Å². The predicted molar refractivity (Wildman–Crippen MR) is 106 cm³/mol. The molecule has 0 bridgehead atoms. The zero-order valence-corrected chi connectivity index (χ0v) is 15.2. The first-order valence-electron chi connectivity index (χ1n) is 8.74. The topological polar surface area (TPSA) is 103 Å². The summed E-state index contributed by atoms with van der Waals surface area (Å²) in [6, 6.07) is 14.8. The molecular weight excluding hydrogens is 373 g/mol. The van der Waals surface area contributed by atoms with Gasteiger partial charge in [0.25, 0.3) is 5.91 Å². The monoisotopic (exact) mass is 389 g/mol. The first-order valence-corrected chi connectivity index (χ1v) is 8.74. The molecule has 0 aliphatic heterocycles. The number of nitrogens with one attached hydrogen (secondary N) is 1. The molecule has 2 heterocycles. The number of anilines is 2. The van der Waals surface area contributed by atoms with Crippen LogP contribution in [0.4, 0.5) is 16.0 Å². The molecule has 0 spiro atoms. The molecule has 0 atom stereocenters. The molecule has 7 nitrogen and oxygen atoms in total. The first kappa shape index (κ1) is 18.3. The Balaban J connectivity index is 1.47. The van der Waals surface area contributed by atoms with E-state index in [2.05, 4.69) is 20.3 Å². The number of amides is 1. The minimum atomic E-state index is -0.584. The number of primary amides is 1. The van der Waals surface area contributed by atoms with Crippen molar-refractivity contribution < 1.29 is 13.9 Å². The maximum atomic E-state index is 13.0. The fourth-order valence-electron chi connectivity index (χ4n) is 2.69. The van der Waals surface area contributed by atoms with Crippen LogP contribution in [0.15, 0.2) is 67.0 Å². The smallest absolute Gasteiger partial charge is 0.267 e. The van der Waals surface area contributed by atoms with Gasteiger partial charge in [-0.3, -0.25) is 9.78 Å². The summed E-state index contributed by atoms with van der Waals surface area (Å²) in [7, 11) is 0. The van der Waals surface area contributed by atoms with Crippen LogP contribution in [-0.2, 0) is 6.61 Å². The van der Waals surface area contributed by atoms with Gasteiger partial charge < -0.3 is 15.8 Å². The van der Waals surface area contributed by atoms with Gasteiger partial charge in [-0.1, -0.05) is 0 Å². The van der Waals surface area contributed by atoms with Crippen LogP contribution >= 0.6 is 0 Å². The Hall–Kier alpha value is -4.07. The maximum absolute atomic E-state index is 13.0. The van der Waals surface area contributed by atoms with Crippen LogP contribution in [0.3, 0.4) is 0 Å². The number of rotatable bonds is 6. The highest BCUT2D eigenvalue weighted by molar-refractivity contribution is 5.90. The zero-order valence-electron chi connectivity index (χ0n) is 15.2. The molecule has 0 radical (unpaired) electrons. The second kappa shape index (κ2) is 7.89. The number of halogens is 1. The average Bonchev–Trinajstić information content (AvgIpc) is 2.74. The number of nitrogens with zero attached hydrogens (tertiary/aromatic N) is 3. The Kier molecular flexibility index (Phi) is 4.98. The number of fused-ring (bicyclic) bond motifs is 1. The molecule has 4 aromatic rings. The van der Waals surface area contributed by atoms with Crippen molar-refractivity contribution in [3.8, 4) is 5.75 Å². The average molecular weight is 389 g/mol. The Morgan fingerprint density at radius 3 is 2.69 bits per heavy atom. The third-order valence-electron chi connectivity index (χ3n) is 4.13. The van der Waals surface area contributed by atoms with E-state index in [1.165, 1.54) is 18.3 Å². The molecular formula is C21H16FN5O2. The maximum Gasteiger partial charge on any atom is 0.267 e. The van der Waals surface area contributed by atoms with E-state index in [4.69, 9.17) is 10.5 Å². The number of ether oxygens (including phenoxy) is 1. The summed E-state index contributed by atoms with van der Waals surface area (Å²) in [6.07, 6.45) is 3.20. The molecule has 8 heteroatoms. The lowest BCUT2D eigenvalue weighted by Crippen LogP contribution is -2.13. The number of benzene rings is 2.